The molecular formula is C56H47N3. The fourth-order valence-corrected chi connectivity index (χ4v) is 10.0. The highest BCUT2D eigenvalue weighted by molar-refractivity contribution is 6.11. The molecular weight excluding hydrogens is 715 g/mol. The van der Waals surface area contributed by atoms with Crippen LogP contribution < -0.4 is 4.90 Å². The van der Waals surface area contributed by atoms with E-state index in [0.717, 1.165) is 22.7 Å². The summed E-state index contributed by atoms with van der Waals surface area (Å²) in [5.41, 5.74) is 16.1. The van der Waals surface area contributed by atoms with Crippen LogP contribution in [0.25, 0.3) is 66.1 Å². The molecule has 2 aromatic heterocycles. The Kier molecular flexibility index (Phi) is 8.00. The molecule has 59 heavy (non-hydrogen) atoms. The van der Waals surface area contributed by atoms with Crippen molar-refractivity contribution < 1.29 is 0 Å². The molecule has 3 heteroatoms. The van der Waals surface area contributed by atoms with Crippen molar-refractivity contribution in [2.24, 2.45) is 0 Å². The lowest BCUT2D eigenvalue weighted by atomic mass is 9.63. The highest BCUT2D eigenvalue weighted by Gasteiger charge is 2.37. The molecule has 0 spiro atoms. The molecule has 0 amide bonds. The van der Waals surface area contributed by atoms with Crippen LogP contribution >= 0.6 is 0 Å². The monoisotopic (exact) mass is 761 g/mol. The summed E-state index contributed by atoms with van der Waals surface area (Å²) >= 11 is 0. The van der Waals surface area contributed by atoms with Gasteiger partial charge in [0.2, 0.25) is 0 Å². The Bertz CT molecular complexity index is 3160. The first-order valence-electron chi connectivity index (χ1n) is 21.0. The molecule has 0 unspecified atom stereocenters. The van der Waals surface area contributed by atoms with Crippen molar-refractivity contribution in [2.45, 2.75) is 51.4 Å². The number of hydrogen-bond donors (Lipinski definition) is 0. The second kappa shape index (κ2) is 13.4. The predicted octanol–water partition coefficient (Wildman–Crippen LogP) is 15.4. The standard InChI is InChI=1S/C56H47N3/c1-55(2)34-35-56(3,4)49-36-41(31-33-48(49)55)59-53-25-15-11-21-46(53)47-32-30-42(37-54(47)59)57(50-22-12-8-18-43(50)38-16-6-5-7-17-38)39-26-28-40(29-27-39)58-51-23-13-9-19-44(51)45-20-10-14-24-52(45)58/h5-33,36-37H,34-35H2,1-4H3. The molecule has 1 aliphatic carbocycles. The van der Waals surface area contributed by atoms with Gasteiger partial charge in [-0.1, -0.05) is 143 Å². The summed E-state index contributed by atoms with van der Waals surface area (Å²) in [7, 11) is 0. The first-order valence-corrected chi connectivity index (χ1v) is 21.0. The zero-order valence-corrected chi connectivity index (χ0v) is 34.2. The number of para-hydroxylation sites is 4. The topological polar surface area (TPSA) is 13.1 Å². The lowest BCUT2D eigenvalue weighted by Gasteiger charge is -2.42. The molecule has 10 aromatic rings. The third-order valence-corrected chi connectivity index (χ3v) is 13.2. The Morgan fingerprint density at radius 1 is 0.390 bits per heavy atom. The third-order valence-electron chi connectivity index (χ3n) is 13.2. The number of hydrogen-bond acceptors (Lipinski definition) is 1. The molecule has 0 saturated heterocycles. The number of anilines is 3. The molecule has 8 aromatic carbocycles. The molecule has 0 aliphatic heterocycles. The summed E-state index contributed by atoms with van der Waals surface area (Å²) in [4.78, 5) is 2.44. The third kappa shape index (κ3) is 5.63. The molecule has 0 radical (unpaired) electrons. The van der Waals surface area contributed by atoms with Crippen molar-refractivity contribution in [1.29, 1.82) is 0 Å². The largest absolute Gasteiger partial charge is 0.310 e. The van der Waals surface area contributed by atoms with Gasteiger partial charge in [0, 0.05) is 49.9 Å². The summed E-state index contributed by atoms with van der Waals surface area (Å²) in [5.74, 6) is 0. The summed E-state index contributed by atoms with van der Waals surface area (Å²) in [5, 5.41) is 5.04. The zero-order chi connectivity index (χ0) is 39.9. The first-order chi connectivity index (χ1) is 28.8. The number of aromatic nitrogens is 2. The fraction of sp³-hybridized carbons (Fsp3) is 0.143. The Morgan fingerprint density at radius 3 is 1.53 bits per heavy atom. The van der Waals surface area contributed by atoms with E-state index in [-0.39, 0.29) is 10.8 Å². The Morgan fingerprint density at radius 2 is 0.881 bits per heavy atom. The smallest absolute Gasteiger partial charge is 0.0561 e. The van der Waals surface area contributed by atoms with Gasteiger partial charge in [0.15, 0.2) is 0 Å². The maximum Gasteiger partial charge on any atom is 0.0561 e. The highest BCUT2D eigenvalue weighted by Crippen LogP contribution is 2.48. The van der Waals surface area contributed by atoms with Gasteiger partial charge in [-0.05, 0) is 113 Å². The lowest BCUT2D eigenvalue weighted by Crippen LogP contribution is -2.33. The molecule has 2 heterocycles. The van der Waals surface area contributed by atoms with Gasteiger partial charge in [-0.25, -0.2) is 0 Å². The van der Waals surface area contributed by atoms with Gasteiger partial charge in [0.1, 0.15) is 0 Å². The van der Waals surface area contributed by atoms with Gasteiger partial charge < -0.3 is 14.0 Å². The zero-order valence-electron chi connectivity index (χ0n) is 34.2. The van der Waals surface area contributed by atoms with Crippen molar-refractivity contribution in [1.82, 2.24) is 9.13 Å². The van der Waals surface area contributed by atoms with E-state index in [2.05, 4.69) is 230 Å². The van der Waals surface area contributed by atoms with Crippen LogP contribution in [0, 0.1) is 0 Å². The number of fused-ring (bicyclic) bond motifs is 7. The molecule has 0 atom stereocenters. The van der Waals surface area contributed by atoms with Gasteiger partial charge in [-0.15, -0.1) is 0 Å². The normalized spacial score (nSPS) is 14.6. The van der Waals surface area contributed by atoms with Crippen molar-refractivity contribution in [3.63, 3.8) is 0 Å². The Labute approximate surface area is 346 Å². The van der Waals surface area contributed by atoms with Gasteiger partial charge in [-0.2, -0.15) is 0 Å². The van der Waals surface area contributed by atoms with E-state index in [1.165, 1.54) is 84.4 Å². The quantitative estimate of drug-likeness (QED) is 0.164. The molecule has 0 bridgehead atoms. The van der Waals surface area contributed by atoms with Gasteiger partial charge in [0.05, 0.1) is 27.8 Å². The van der Waals surface area contributed by atoms with Crippen molar-refractivity contribution in [3.8, 4) is 22.5 Å². The average Bonchev–Trinajstić information content (AvgIpc) is 3.79. The van der Waals surface area contributed by atoms with Crippen LogP contribution in [0.4, 0.5) is 17.1 Å². The molecule has 0 N–H and O–H groups in total. The Balaban J connectivity index is 1.13. The summed E-state index contributed by atoms with van der Waals surface area (Å²) in [6.07, 6.45) is 2.38. The fourth-order valence-electron chi connectivity index (χ4n) is 10.0. The second-order valence-corrected chi connectivity index (χ2v) is 17.7. The minimum Gasteiger partial charge on any atom is -0.310 e. The lowest BCUT2D eigenvalue weighted by molar-refractivity contribution is 0.332. The maximum absolute atomic E-state index is 2.50. The van der Waals surface area contributed by atoms with Crippen molar-refractivity contribution in [3.05, 3.63) is 199 Å². The van der Waals surface area contributed by atoms with Crippen LogP contribution in [0.2, 0.25) is 0 Å². The minimum atomic E-state index is 0.105. The van der Waals surface area contributed by atoms with Crippen LogP contribution in [0.3, 0.4) is 0 Å². The average molecular weight is 762 g/mol. The SMILES string of the molecule is CC1(C)CCC(C)(C)c2cc(-n3c4ccccc4c4ccc(N(c5ccc(-n6c7ccccc7c7ccccc76)cc5)c5ccccc5-c5ccccc5)cc43)ccc21. The Hall–Kier alpha value is -6.84. The van der Waals surface area contributed by atoms with Crippen LogP contribution in [0.1, 0.15) is 51.7 Å². The van der Waals surface area contributed by atoms with Gasteiger partial charge in [-0.3, -0.25) is 0 Å². The van der Waals surface area contributed by atoms with Crippen molar-refractivity contribution in [2.75, 3.05) is 4.90 Å². The van der Waals surface area contributed by atoms with E-state index in [9.17, 15) is 0 Å². The first kappa shape index (κ1) is 35.3. The maximum atomic E-state index is 2.50. The van der Waals surface area contributed by atoms with E-state index in [1.54, 1.807) is 0 Å². The van der Waals surface area contributed by atoms with E-state index >= 15 is 0 Å². The number of nitrogens with zero attached hydrogens (tertiary/aromatic N) is 3. The van der Waals surface area contributed by atoms with Crippen LogP contribution in [-0.4, -0.2) is 9.13 Å². The minimum absolute atomic E-state index is 0.105. The van der Waals surface area contributed by atoms with Crippen LogP contribution in [0.5, 0.6) is 0 Å². The van der Waals surface area contributed by atoms with Crippen LogP contribution in [-0.2, 0) is 10.8 Å². The predicted molar refractivity (Wildman–Crippen MR) is 251 cm³/mol. The van der Waals surface area contributed by atoms with Gasteiger partial charge in [0.25, 0.3) is 0 Å². The summed E-state index contributed by atoms with van der Waals surface area (Å²) in [6.45, 7) is 9.66. The van der Waals surface area contributed by atoms with Crippen molar-refractivity contribution >= 4 is 60.7 Å². The highest BCUT2D eigenvalue weighted by atomic mass is 15.1. The second-order valence-electron chi connectivity index (χ2n) is 17.7. The number of benzene rings is 8. The molecule has 1 aliphatic rings. The van der Waals surface area contributed by atoms with Crippen LogP contribution in [0.15, 0.2) is 188 Å². The van der Waals surface area contributed by atoms with E-state index in [4.69, 9.17) is 0 Å². The molecule has 3 nitrogen and oxygen atoms in total. The molecule has 0 fully saturated rings. The summed E-state index contributed by atoms with van der Waals surface area (Å²) < 4.78 is 4.89. The van der Waals surface area contributed by atoms with E-state index in [0.29, 0.717) is 0 Å². The number of rotatable bonds is 6. The van der Waals surface area contributed by atoms with E-state index < -0.39 is 0 Å². The summed E-state index contributed by atoms with van der Waals surface area (Å²) in [6, 6.07) is 69.3. The molecule has 11 rings (SSSR count). The molecule has 0 saturated carbocycles. The van der Waals surface area contributed by atoms with Gasteiger partial charge >= 0.3 is 0 Å². The molecule has 286 valence electrons. The van der Waals surface area contributed by atoms with E-state index in [1.807, 2.05) is 0 Å².